The van der Waals surface area contributed by atoms with Gasteiger partial charge < -0.3 is 15.1 Å². The van der Waals surface area contributed by atoms with Gasteiger partial charge in [0.15, 0.2) is 8.38 Å². The minimum absolute atomic E-state index is 0.0389. The molecule has 0 heterocycles. The monoisotopic (exact) mass is 291 g/mol. The van der Waals surface area contributed by atoms with E-state index in [0.29, 0.717) is 19.0 Å². The average molecular weight is 291 g/mol. The second-order valence-corrected chi connectivity index (χ2v) is 6.38. The Bertz CT molecular complexity index is 243. The fourth-order valence-corrected chi connectivity index (χ4v) is 2.74. The molecule has 3 N–H and O–H groups in total. The zero-order valence-electron chi connectivity index (χ0n) is 12.6. The van der Waals surface area contributed by atoms with Crippen LogP contribution in [0.15, 0.2) is 0 Å². The molecule has 1 amide bonds. The molecule has 19 heavy (non-hydrogen) atoms. The lowest BCUT2D eigenvalue weighted by Crippen LogP contribution is -2.47. The lowest BCUT2D eigenvalue weighted by atomic mass is 9.86. The molecule has 4 nitrogen and oxygen atoms in total. The topological polar surface area (TPSA) is 69.6 Å². The van der Waals surface area contributed by atoms with Crippen LogP contribution in [0.4, 0.5) is 0 Å². The van der Waals surface area contributed by atoms with E-state index in [1.165, 1.54) is 12.8 Å². The maximum atomic E-state index is 11.9. The molecule has 0 bridgehead atoms. The highest BCUT2D eigenvalue weighted by molar-refractivity contribution is 7.45. The third-order valence-corrected chi connectivity index (χ3v) is 4.50. The Morgan fingerprint density at radius 3 is 2.21 bits per heavy atom. The summed E-state index contributed by atoms with van der Waals surface area (Å²) in [5.74, 6) is 0.0389. The van der Waals surface area contributed by atoms with Crippen molar-refractivity contribution >= 4 is 14.3 Å². The summed E-state index contributed by atoms with van der Waals surface area (Å²) in [6, 6.07) is 0. The number of carbonyl (C=O) groups is 1. The molecule has 0 unspecified atom stereocenters. The van der Waals surface area contributed by atoms with Crippen molar-refractivity contribution in [3.05, 3.63) is 0 Å². The molecule has 5 heteroatoms. The van der Waals surface area contributed by atoms with Gasteiger partial charge in [-0.3, -0.25) is 4.79 Å². The Morgan fingerprint density at radius 1 is 1.11 bits per heavy atom. The van der Waals surface area contributed by atoms with Crippen molar-refractivity contribution < 1.29 is 14.6 Å². The van der Waals surface area contributed by atoms with Gasteiger partial charge in [0.2, 0.25) is 5.91 Å². The fraction of sp³-hybridized carbons (Fsp3) is 0.929. The first-order valence-electron chi connectivity index (χ1n) is 7.46. The predicted molar refractivity (Wildman–Crippen MR) is 81.1 cm³/mol. The van der Waals surface area contributed by atoms with Gasteiger partial charge in [0.1, 0.15) is 0 Å². The summed E-state index contributed by atoms with van der Waals surface area (Å²) in [7, 11) is -1.86. The van der Waals surface area contributed by atoms with E-state index in [2.05, 4.69) is 26.1 Å². The summed E-state index contributed by atoms with van der Waals surface area (Å²) in [6.07, 6.45) is 7.73. The van der Waals surface area contributed by atoms with Gasteiger partial charge in [-0.2, -0.15) is 0 Å². The summed E-state index contributed by atoms with van der Waals surface area (Å²) in [5, 5.41) is 3.17. The summed E-state index contributed by atoms with van der Waals surface area (Å²) in [5.41, 5.74) is -0.0740. The number of rotatable bonds is 11. The molecule has 0 aromatic heterocycles. The van der Waals surface area contributed by atoms with E-state index in [1.54, 1.807) is 0 Å². The summed E-state index contributed by atoms with van der Waals surface area (Å²) < 4.78 is 0. The van der Waals surface area contributed by atoms with Gasteiger partial charge in [-0.1, -0.05) is 40.0 Å². The number of amides is 1. The quantitative estimate of drug-likeness (QED) is 0.404. The minimum atomic E-state index is -1.86. The molecule has 114 valence electrons. The Balaban J connectivity index is 4.19. The first-order valence-corrected chi connectivity index (χ1v) is 8.89. The van der Waals surface area contributed by atoms with Gasteiger partial charge in [-0.15, -0.1) is 0 Å². The molecule has 0 radical (unpaired) electrons. The molecular weight excluding hydrogens is 261 g/mol. The second-order valence-electron chi connectivity index (χ2n) is 5.19. The van der Waals surface area contributed by atoms with Gasteiger partial charge in [0.25, 0.3) is 0 Å². The van der Waals surface area contributed by atoms with Crippen molar-refractivity contribution in [2.75, 3.05) is 6.16 Å². The van der Waals surface area contributed by atoms with E-state index in [-0.39, 0.29) is 11.4 Å². The molecule has 0 spiro atoms. The lowest BCUT2D eigenvalue weighted by molar-refractivity contribution is -0.123. The van der Waals surface area contributed by atoms with E-state index in [9.17, 15) is 4.79 Å². The van der Waals surface area contributed by atoms with Crippen LogP contribution >= 0.6 is 8.38 Å². The van der Waals surface area contributed by atoms with Gasteiger partial charge in [-0.05, 0) is 25.7 Å². The van der Waals surface area contributed by atoms with Crippen molar-refractivity contribution in [3.8, 4) is 0 Å². The summed E-state index contributed by atoms with van der Waals surface area (Å²) >= 11 is 0. The highest BCUT2D eigenvalue weighted by Crippen LogP contribution is 2.25. The van der Waals surface area contributed by atoms with Crippen LogP contribution in [0, 0.1) is 0 Å². The van der Waals surface area contributed by atoms with Crippen LogP contribution in [0.2, 0.25) is 0 Å². The van der Waals surface area contributed by atoms with E-state index in [0.717, 1.165) is 25.7 Å². The van der Waals surface area contributed by atoms with Crippen LogP contribution in [0.5, 0.6) is 0 Å². The van der Waals surface area contributed by atoms with Crippen LogP contribution in [-0.2, 0) is 4.79 Å². The number of hydrogen-bond acceptors (Lipinski definition) is 3. The van der Waals surface area contributed by atoms with E-state index < -0.39 is 8.38 Å². The van der Waals surface area contributed by atoms with Crippen LogP contribution < -0.4 is 5.32 Å². The van der Waals surface area contributed by atoms with E-state index >= 15 is 0 Å². The minimum Gasteiger partial charge on any atom is -0.351 e. The number of hydrogen-bond donors (Lipinski definition) is 3. The van der Waals surface area contributed by atoms with Crippen LogP contribution in [0.3, 0.4) is 0 Å². The van der Waals surface area contributed by atoms with Gasteiger partial charge in [0.05, 0.1) is 0 Å². The Labute approximate surface area is 118 Å². The molecular formula is C14H30NO3P. The fourth-order valence-electron chi connectivity index (χ4n) is 2.30. The molecule has 0 aliphatic rings. The molecule has 0 fully saturated rings. The predicted octanol–water partition coefficient (Wildman–Crippen LogP) is 3.32. The Hall–Kier alpha value is -0.180. The first kappa shape index (κ1) is 18.8. The van der Waals surface area contributed by atoms with Gasteiger partial charge in [0, 0.05) is 18.1 Å². The maximum absolute atomic E-state index is 11.9. The zero-order chi connectivity index (χ0) is 14.7. The Kier molecular flexibility index (Phi) is 10.5. The SMILES string of the molecule is CCCCCC(CC)(CC)NC(=O)CCCP(O)O. The molecule has 0 aromatic carbocycles. The molecule has 0 rings (SSSR count). The molecule has 0 aromatic rings. The average Bonchev–Trinajstić information content (AvgIpc) is 2.37. The largest absolute Gasteiger partial charge is 0.351 e. The third kappa shape index (κ3) is 8.56. The smallest absolute Gasteiger partial charge is 0.220 e. The standard InChI is InChI=1S/C14H30NO3P/c1-4-7-8-11-14(5-2,6-3)15-13(16)10-9-12-19(17)18/h17-18H,4-12H2,1-3H3,(H,15,16). The van der Waals surface area contributed by atoms with E-state index in [1.807, 2.05) is 0 Å². The molecule has 0 aliphatic carbocycles. The van der Waals surface area contributed by atoms with Crippen molar-refractivity contribution in [1.82, 2.24) is 5.32 Å². The number of carbonyl (C=O) groups excluding carboxylic acids is 1. The third-order valence-electron chi connectivity index (χ3n) is 3.78. The van der Waals surface area contributed by atoms with Crippen molar-refractivity contribution in [3.63, 3.8) is 0 Å². The highest BCUT2D eigenvalue weighted by Gasteiger charge is 2.27. The summed E-state index contributed by atoms with van der Waals surface area (Å²) in [6.45, 7) is 6.42. The van der Waals surface area contributed by atoms with Crippen LogP contribution in [-0.4, -0.2) is 27.4 Å². The number of nitrogens with one attached hydrogen (secondary N) is 1. The van der Waals surface area contributed by atoms with Crippen LogP contribution in [0.25, 0.3) is 0 Å². The van der Waals surface area contributed by atoms with Crippen molar-refractivity contribution in [2.24, 2.45) is 0 Å². The van der Waals surface area contributed by atoms with E-state index in [4.69, 9.17) is 9.79 Å². The first-order chi connectivity index (χ1) is 8.99. The number of unbranched alkanes of at least 4 members (excludes halogenated alkanes) is 2. The maximum Gasteiger partial charge on any atom is 0.220 e. The van der Waals surface area contributed by atoms with Gasteiger partial charge in [-0.25, -0.2) is 0 Å². The summed E-state index contributed by atoms with van der Waals surface area (Å²) in [4.78, 5) is 29.6. The van der Waals surface area contributed by atoms with Crippen molar-refractivity contribution in [1.29, 1.82) is 0 Å². The normalized spacial score (nSPS) is 11.9. The molecule has 0 saturated heterocycles. The van der Waals surface area contributed by atoms with Crippen molar-refractivity contribution in [2.45, 2.75) is 77.7 Å². The highest BCUT2D eigenvalue weighted by atomic mass is 31.2. The van der Waals surface area contributed by atoms with Gasteiger partial charge >= 0.3 is 0 Å². The molecule has 0 saturated carbocycles. The lowest BCUT2D eigenvalue weighted by Gasteiger charge is -2.33. The molecule has 0 aliphatic heterocycles. The Morgan fingerprint density at radius 2 is 1.74 bits per heavy atom. The van der Waals surface area contributed by atoms with Crippen LogP contribution in [0.1, 0.15) is 72.1 Å². The zero-order valence-corrected chi connectivity index (χ0v) is 13.5. The molecule has 0 atom stereocenters. The second kappa shape index (κ2) is 10.6.